The number of hydrogen-bond acceptors (Lipinski definition) is 4. The van der Waals surface area contributed by atoms with Crippen LogP contribution in [0.4, 0.5) is 8.78 Å². The molecule has 0 saturated carbocycles. The third-order valence-corrected chi connectivity index (χ3v) is 5.47. The van der Waals surface area contributed by atoms with Gasteiger partial charge in [-0.1, -0.05) is 23.7 Å². The number of pyridine rings is 1. The first-order valence-electron chi connectivity index (χ1n) is 9.85. The predicted octanol–water partition coefficient (Wildman–Crippen LogP) is 4.09. The van der Waals surface area contributed by atoms with Crippen LogP contribution in [0.1, 0.15) is 40.4 Å². The maximum absolute atomic E-state index is 13.6. The summed E-state index contributed by atoms with van der Waals surface area (Å²) in [7, 11) is 0. The lowest BCUT2D eigenvalue weighted by Gasteiger charge is -2.19. The second-order valence-corrected chi connectivity index (χ2v) is 8.10. The Kier molecular flexibility index (Phi) is 6.90. The van der Waals surface area contributed by atoms with E-state index in [1.54, 1.807) is 18.3 Å². The number of hydrogen-bond donors (Lipinski definition) is 1. The number of nitriles is 1. The van der Waals surface area contributed by atoms with Crippen LogP contribution in [0.15, 0.2) is 36.7 Å². The number of allylic oxidation sites excluding steroid dienone is 1. The number of alkyl halides is 2. The molecule has 1 aliphatic heterocycles. The number of amides is 2. The molecule has 2 aromatic rings. The molecule has 1 saturated heterocycles. The quantitative estimate of drug-likeness (QED) is 0.731. The van der Waals surface area contributed by atoms with E-state index in [2.05, 4.69) is 10.3 Å². The zero-order valence-corrected chi connectivity index (χ0v) is 18.3. The second kappa shape index (κ2) is 9.45. The molecule has 1 atom stereocenters. The van der Waals surface area contributed by atoms with E-state index in [-0.39, 0.29) is 5.56 Å². The lowest BCUT2D eigenvalue weighted by atomic mass is 9.99. The number of aryl methyl sites for hydroxylation is 1. The molecule has 0 bridgehead atoms. The van der Waals surface area contributed by atoms with Crippen LogP contribution in [-0.2, 0) is 4.79 Å². The van der Waals surface area contributed by atoms with Crippen LogP contribution in [0.5, 0.6) is 0 Å². The van der Waals surface area contributed by atoms with Gasteiger partial charge in [-0.05, 0) is 48.7 Å². The number of benzene rings is 1. The van der Waals surface area contributed by atoms with Gasteiger partial charge in [0.15, 0.2) is 0 Å². The predicted molar refractivity (Wildman–Crippen MR) is 117 cm³/mol. The van der Waals surface area contributed by atoms with Crippen LogP contribution in [0.3, 0.4) is 0 Å². The average Bonchev–Trinajstić information content (AvgIpc) is 3.08. The monoisotopic (exact) mass is 458 g/mol. The Morgan fingerprint density at radius 3 is 2.81 bits per heavy atom. The lowest BCUT2D eigenvalue weighted by molar-refractivity contribution is -0.131. The van der Waals surface area contributed by atoms with Gasteiger partial charge in [0, 0.05) is 35.0 Å². The van der Waals surface area contributed by atoms with Crippen molar-refractivity contribution >= 4 is 35.1 Å². The third kappa shape index (κ3) is 5.29. The van der Waals surface area contributed by atoms with Crippen molar-refractivity contribution in [1.29, 1.82) is 5.26 Å². The molecule has 9 heteroatoms. The third-order valence-electron chi connectivity index (χ3n) is 5.23. The number of nitrogens with zero attached hydrogens (tertiary/aromatic N) is 3. The SMILES string of the molecule is CC(=Cc1ccc(Cl)cc1C)c1cnccc1C(=O)NCC(=O)N1CC(F)(F)CC1C#N. The minimum absolute atomic E-state index is 0.289. The van der Waals surface area contributed by atoms with Gasteiger partial charge in [0.2, 0.25) is 5.91 Å². The lowest BCUT2D eigenvalue weighted by Crippen LogP contribution is -2.43. The van der Waals surface area contributed by atoms with E-state index in [0.717, 1.165) is 21.6 Å². The molecule has 1 aromatic carbocycles. The number of carbonyl (C=O) groups is 2. The molecule has 0 spiro atoms. The average molecular weight is 459 g/mol. The van der Waals surface area contributed by atoms with E-state index in [9.17, 15) is 18.4 Å². The Balaban J connectivity index is 1.75. The van der Waals surface area contributed by atoms with Gasteiger partial charge in [0.05, 0.1) is 19.2 Å². The molecule has 1 unspecified atom stereocenters. The highest BCUT2D eigenvalue weighted by atomic mass is 35.5. The summed E-state index contributed by atoms with van der Waals surface area (Å²) in [5, 5.41) is 12.1. The Morgan fingerprint density at radius 1 is 1.38 bits per heavy atom. The molecule has 32 heavy (non-hydrogen) atoms. The molecule has 1 aromatic heterocycles. The maximum Gasteiger partial charge on any atom is 0.268 e. The summed E-state index contributed by atoms with van der Waals surface area (Å²) in [4.78, 5) is 30.0. The first kappa shape index (κ1) is 23.4. The Bertz CT molecular complexity index is 1130. The van der Waals surface area contributed by atoms with Crippen molar-refractivity contribution in [2.24, 2.45) is 0 Å². The standard InChI is InChI=1S/C23H21ClF2N4O2/c1-14-8-17(24)4-3-16(14)7-15(2)20-11-28-6-5-19(20)22(32)29-12-21(31)30-13-23(25,26)9-18(30)10-27/h3-8,11,18H,9,12-13H2,1-2H3,(H,29,32). The van der Waals surface area contributed by atoms with E-state index >= 15 is 0 Å². The summed E-state index contributed by atoms with van der Waals surface area (Å²) in [6.07, 6.45) is 4.19. The fourth-order valence-corrected chi connectivity index (χ4v) is 3.79. The molecule has 2 heterocycles. The summed E-state index contributed by atoms with van der Waals surface area (Å²) in [5.41, 5.74) is 3.51. The van der Waals surface area contributed by atoms with E-state index in [0.29, 0.717) is 10.6 Å². The van der Waals surface area contributed by atoms with Crippen molar-refractivity contribution < 1.29 is 18.4 Å². The topological polar surface area (TPSA) is 86.1 Å². The minimum atomic E-state index is -3.11. The van der Waals surface area contributed by atoms with Crippen LogP contribution in [0.25, 0.3) is 11.6 Å². The Labute approximate surface area is 189 Å². The number of aromatic nitrogens is 1. The van der Waals surface area contributed by atoms with Gasteiger partial charge in [0.1, 0.15) is 6.04 Å². The molecule has 1 fully saturated rings. The normalized spacial score (nSPS) is 17.7. The smallest absolute Gasteiger partial charge is 0.268 e. The second-order valence-electron chi connectivity index (χ2n) is 7.66. The summed E-state index contributed by atoms with van der Waals surface area (Å²) >= 11 is 6.00. The number of carbonyl (C=O) groups excluding carboxylic acids is 2. The number of nitrogens with one attached hydrogen (secondary N) is 1. The van der Waals surface area contributed by atoms with Crippen LogP contribution in [-0.4, -0.2) is 46.8 Å². The molecule has 1 N–H and O–H groups in total. The van der Waals surface area contributed by atoms with Gasteiger partial charge in [-0.25, -0.2) is 8.78 Å². The van der Waals surface area contributed by atoms with Crippen molar-refractivity contribution in [3.8, 4) is 6.07 Å². The van der Waals surface area contributed by atoms with Crippen LogP contribution in [0.2, 0.25) is 5.02 Å². The number of likely N-dealkylation sites (tertiary alicyclic amines) is 1. The van der Waals surface area contributed by atoms with E-state index in [1.165, 1.54) is 12.3 Å². The van der Waals surface area contributed by atoms with Crippen LogP contribution < -0.4 is 5.32 Å². The Morgan fingerprint density at radius 2 is 2.12 bits per heavy atom. The molecule has 6 nitrogen and oxygen atoms in total. The molecular weight excluding hydrogens is 438 g/mol. The highest BCUT2D eigenvalue weighted by Crippen LogP contribution is 2.31. The highest BCUT2D eigenvalue weighted by molar-refractivity contribution is 6.30. The molecule has 3 rings (SSSR count). The number of rotatable bonds is 5. The first-order chi connectivity index (χ1) is 15.1. The van der Waals surface area contributed by atoms with Gasteiger partial charge in [-0.15, -0.1) is 0 Å². The van der Waals surface area contributed by atoms with Gasteiger partial charge in [0.25, 0.3) is 11.8 Å². The van der Waals surface area contributed by atoms with Crippen LogP contribution >= 0.6 is 11.6 Å². The Hall–Kier alpha value is -3.31. The zero-order valence-electron chi connectivity index (χ0n) is 17.5. The summed E-state index contributed by atoms with van der Waals surface area (Å²) in [6, 6.07) is 7.49. The molecule has 0 aliphatic carbocycles. The van der Waals surface area contributed by atoms with Crippen LogP contribution in [0, 0.1) is 18.3 Å². The summed E-state index contributed by atoms with van der Waals surface area (Å²) in [5.74, 6) is -4.39. The zero-order chi connectivity index (χ0) is 23.5. The maximum atomic E-state index is 13.6. The van der Waals surface area contributed by atoms with E-state index < -0.39 is 43.3 Å². The van der Waals surface area contributed by atoms with Crippen molar-refractivity contribution in [3.63, 3.8) is 0 Å². The molecule has 1 aliphatic rings. The van der Waals surface area contributed by atoms with Gasteiger partial charge >= 0.3 is 0 Å². The highest BCUT2D eigenvalue weighted by Gasteiger charge is 2.47. The minimum Gasteiger partial charge on any atom is -0.343 e. The van der Waals surface area contributed by atoms with E-state index in [4.69, 9.17) is 16.9 Å². The van der Waals surface area contributed by atoms with Gasteiger partial charge in [-0.3, -0.25) is 14.6 Å². The molecule has 166 valence electrons. The summed E-state index contributed by atoms with van der Waals surface area (Å²) in [6.45, 7) is 2.43. The van der Waals surface area contributed by atoms with Crippen molar-refractivity contribution in [1.82, 2.24) is 15.2 Å². The van der Waals surface area contributed by atoms with E-state index in [1.807, 2.05) is 32.1 Å². The molecule has 2 amide bonds. The fraction of sp³-hybridized carbons (Fsp3) is 0.304. The van der Waals surface area contributed by atoms with Crippen molar-refractivity contribution in [2.45, 2.75) is 32.2 Å². The first-order valence-corrected chi connectivity index (χ1v) is 10.2. The van der Waals surface area contributed by atoms with Gasteiger partial charge < -0.3 is 10.2 Å². The largest absolute Gasteiger partial charge is 0.343 e. The molecular formula is C23H21ClF2N4O2. The molecule has 0 radical (unpaired) electrons. The van der Waals surface area contributed by atoms with Crippen molar-refractivity contribution in [2.75, 3.05) is 13.1 Å². The van der Waals surface area contributed by atoms with Gasteiger partial charge in [-0.2, -0.15) is 5.26 Å². The fourth-order valence-electron chi connectivity index (χ4n) is 3.57. The summed E-state index contributed by atoms with van der Waals surface area (Å²) < 4.78 is 27.1. The van der Waals surface area contributed by atoms with Crippen molar-refractivity contribution in [3.05, 3.63) is 63.9 Å². The number of halogens is 3.